The third-order valence-electron chi connectivity index (χ3n) is 5.23. The highest BCUT2D eigenvalue weighted by Crippen LogP contribution is 2.17. The van der Waals surface area contributed by atoms with E-state index in [1.165, 1.54) is 62.2 Å². The van der Waals surface area contributed by atoms with E-state index < -0.39 is 0 Å². The lowest BCUT2D eigenvalue weighted by Crippen LogP contribution is -2.29. The lowest BCUT2D eigenvalue weighted by molar-refractivity contribution is -0.118. The highest BCUT2D eigenvalue weighted by Gasteiger charge is 2.10. The monoisotopic (exact) mass is 471 g/mol. The fourth-order valence-corrected chi connectivity index (χ4v) is 4.20. The number of carbonyl (C=O) groups is 2. The average molecular weight is 472 g/mol. The molecule has 1 aliphatic rings. The maximum absolute atomic E-state index is 11.9. The molecule has 0 bridgehead atoms. The largest absolute Gasteiger partial charge is 0.490 e. The Hall–Kier alpha value is -2.71. The summed E-state index contributed by atoms with van der Waals surface area (Å²) in [7, 11) is 0. The summed E-state index contributed by atoms with van der Waals surface area (Å²) in [6.45, 7) is 4.77. The first kappa shape index (κ1) is 24.9. The van der Waals surface area contributed by atoms with Gasteiger partial charge >= 0.3 is 0 Å². The molecule has 1 aliphatic heterocycles. The van der Waals surface area contributed by atoms with Gasteiger partial charge in [0.1, 0.15) is 18.6 Å². The minimum atomic E-state index is -0.171. The van der Waals surface area contributed by atoms with Crippen LogP contribution >= 0.6 is 11.8 Å². The van der Waals surface area contributed by atoms with E-state index in [-0.39, 0.29) is 11.8 Å². The van der Waals surface area contributed by atoms with Crippen molar-refractivity contribution in [2.24, 2.45) is 0 Å². The van der Waals surface area contributed by atoms with Crippen LogP contribution in [0.15, 0.2) is 59.4 Å². The van der Waals surface area contributed by atoms with Crippen LogP contribution in [0.3, 0.4) is 0 Å². The zero-order valence-electron chi connectivity index (χ0n) is 19.0. The molecule has 1 fully saturated rings. The number of ether oxygens (including phenoxy) is 1. The van der Waals surface area contributed by atoms with Crippen molar-refractivity contribution in [3.63, 3.8) is 0 Å². The molecule has 1 saturated heterocycles. The van der Waals surface area contributed by atoms with Crippen LogP contribution in [0, 0.1) is 0 Å². The molecule has 2 amide bonds. The zero-order valence-corrected chi connectivity index (χ0v) is 19.8. The molecule has 1 aromatic carbocycles. The van der Waals surface area contributed by atoms with Crippen molar-refractivity contribution in [1.29, 1.82) is 0 Å². The number of amides is 2. The van der Waals surface area contributed by atoms with Crippen molar-refractivity contribution in [2.45, 2.75) is 25.8 Å². The fraction of sp³-hybridized carbons (Fsp3) is 0.440. The molecule has 0 spiro atoms. The van der Waals surface area contributed by atoms with Gasteiger partial charge in [-0.1, -0.05) is 24.6 Å². The molecule has 2 heterocycles. The Morgan fingerprint density at radius 3 is 2.82 bits per heavy atom. The van der Waals surface area contributed by atoms with Crippen LogP contribution in [0.25, 0.3) is 0 Å². The van der Waals surface area contributed by atoms with Crippen molar-refractivity contribution in [3.05, 3.63) is 66.1 Å². The van der Waals surface area contributed by atoms with E-state index in [0.717, 1.165) is 12.3 Å². The summed E-state index contributed by atoms with van der Waals surface area (Å²) in [5.41, 5.74) is 1.78. The number of rotatable bonds is 13. The van der Waals surface area contributed by atoms with Gasteiger partial charge in [0.25, 0.3) is 5.91 Å². The van der Waals surface area contributed by atoms with Gasteiger partial charge in [-0.15, -0.1) is 0 Å². The van der Waals surface area contributed by atoms with Gasteiger partial charge in [-0.25, -0.2) is 0 Å². The Morgan fingerprint density at radius 2 is 2.00 bits per heavy atom. The predicted molar refractivity (Wildman–Crippen MR) is 132 cm³/mol. The lowest BCUT2D eigenvalue weighted by Gasteiger charge is -2.26. The molecule has 2 N–H and O–H groups in total. The number of nitrogens with zero attached hydrogens (tertiary/aromatic N) is 1. The maximum Gasteiger partial charge on any atom is 0.254 e. The maximum atomic E-state index is 11.9. The molecule has 8 heteroatoms. The molecular weight excluding hydrogens is 438 g/mol. The summed E-state index contributed by atoms with van der Waals surface area (Å²) in [5, 5.41) is 5.63. The molecule has 1 aromatic heterocycles. The second kappa shape index (κ2) is 14.4. The summed E-state index contributed by atoms with van der Waals surface area (Å²) in [6.07, 6.45) is 10.6. The molecular formula is C25H33N3O4S. The Balaban J connectivity index is 1.21. The number of carbonyl (C=O) groups excluding carboxylic acids is 2. The number of hydrogen-bond donors (Lipinski definition) is 2. The topological polar surface area (TPSA) is 83.8 Å². The van der Waals surface area contributed by atoms with Crippen LogP contribution in [-0.2, 0) is 11.3 Å². The van der Waals surface area contributed by atoms with Gasteiger partial charge in [-0.3, -0.25) is 14.5 Å². The second-order valence-electron chi connectivity index (χ2n) is 7.89. The van der Waals surface area contributed by atoms with Crippen molar-refractivity contribution in [1.82, 2.24) is 15.5 Å². The number of piperidine rings is 1. The molecule has 0 aliphatic carbocycles. The van der Waals surface area contributed by atoms with Gasteiger partial charge in [0, 0.05) is 25.4 Å². The number of hydrogen-bond acceptors (Lipinski definition) is 6. The van der Waals surface area contributed by atoms with Gasteiger partial charge in [0.2, 0.25) is 5.91 Å². The molecule has 0 radical (unpaired) electrons. The van der Waals surface area contributed by atoms with E-state index >= 15 is 0 Å². The Kier molecular flexibility index (Phi) is 10.9. The smallest absolute Gasteiger partial charge is 0.254 e. The van der Waals surface area contributed by atoms with E-state index in [4.69, 9.17) is 9.15 Å². The molecule has 178 valence electrons. The van der Waals surface area contributed by atoms with Crippen molar-refractivity contribution < 1.29 is 18.7 Å². The predicted octanol–water partition coefficient (Wildman–Crippen LogP) is 3.48. The molecule has 0 atom stereocenters. The third-order valence-corrected chi connectivity index (χ3v) is 6.19. The number of benzene rings is 1. The first-order chi connectivity index (χ1) is 16.2. The summed E-state index contributed by atoms with van der Waals surface area (Å²) < 4.78 is 10.7. The second-order valence-corrected chi connectivity index (χ2v) is 9.00. The molecule has 33 heavy (non-hydrogen) atoms. The van der Waals surface area contributed by atoms with Crippen molar-refractivity contribution in [2.75, 3.05) is 44.3 Å². The Labute approximate surface area is 199 Å². The first-order valence-corrected chi connectivity index (χ1v) is 12.6. The first-order valence-electron chi connectivity index (χ1n) is 11.4. The van der Waals surface area contributed by atoms with Crippen LogP contribution in [0.4, 0.5) is 0 Å². The van der Waals surface area contributed by atoms with Gasteiger partial charge in [-0.05, 0) is 55.8 Å². The molecule has 7 nitrogen and oxygen atoms in total. The van der Waals surface area contributed by atoms with E-state index in [0.29, 0.717) is 36.8 Å². The van der Waals surface area contributed by atoms with Crippen LogP contribution in [-0.4, -0.2) is 61.0 Å². The van der Waals surface area contributed by atoms with Crippen molar-refractivity contribution in [3.8, 4) is 5.75 Å². The third kappa shape index (κ3) is 9.75. The minimum Gasteiger partial charge on any atom is -0.490 e. The minimum absolute atomic E-state index is 0.0304. The average Bonchev–Trinajstić information content (AvgIpc) is 3.37. The number of nitrogens with one attached hydrogen (secondary N) is 2. The van der Waals surface area contributed by atoms with Gasteiger partial charge in [0.05, 0.1) is 17.6 Å². The fourth-order valence-electron chi connectivity index (χ4n) is 3.53. The molecule has 0 unspecified atom stereocenters. The summed E-state index contributed by atoms with van der Waals surface area (Å²) in [5.74, 6) is 1.69. The van der Waals surface area contributed by atoms with Crippen molar-refractivity contribution >= 4 is 23.6 Å². The standard InChI is InChI=1S/C25H33N3O4S/c29-24(20-33-16-11-27-25(30)22-9-15-31-19-22)26-10-2-5-14-32-23-8-6-7-21(17-23)18-28-12-3-1-4-13-28/h2,5-9,15,17,19H,1,3-4,10-14,16,18,20H2,(H,26,29)(H,27,30). The van der Waals surface area contributed by atoms with Crippen LogP contribution < -0.4 is 15.4 Å². The van der Waals surface area contributed by atoms with E-state index in [9.17, 15) is 9.59 Å². The summed E-state index contributed by atoms with van der Waals surface area (Å²) >= 11 is 1.48. The highest BCUT2D eigenvalue weighted by molar-refractivity contribution is 7.99. The van der Waals surface area contributed by atoms with Crippen LogP contribution in [0.2, 0.25) is 0 Å². The normalized spacial score (nSPS) is 14.3. The van der Waals surface area contributed by atoms with Gasteiger partial charge in [-0.2, -0.15) is 11.8 Å². The van der Waals surface area contributed by atoms with E-state index in [1.807, 2.05) is 24.3 Å². The zero-order chi connectivity index (χ0) is 23.1. The molecule has 2 aromatic rings. The number of likely N-dealkylation sites (tertiary alicyclic amines) is 1. The molecule has 0 saturated carbocycles. The summed E-state index contributed by atoms with van der Waals surface area (Å²) in [4.78, 5) is 26.1. The van der Waals surface area contributed by atoms with Crippen LogP contribution in [0.1, 0.15) is 35.2 Å². The van der Waals surface area contributed by atoms with Gasteiger partial charge < -0.3 is 19.8 Å². The highest BCUT2D eigenvalue weighted by atomic mass is 32.2. The van der Waals surface area contributed by atoms with Gasteiger partial charge in [0.15, 0.2) is 0 Å². The number of thioether (sulfide) groups is 1. The molecule has 3 rings (SSSR count). The van der Waals surface area contributed by atoms with E-state index in [1.54, 1.807) is 6.07 Å². The summed E-state index contributed by atoms with van der Waals surface area (Å²) in [6, 6.07) is 9.89. The van der Waals surface area contributed by atoms with Crippen LogP contribution in [0.5, 0.6) is 5.75 Å². The quantitative estimate of drug-likeness (QED) is 0.344. The lowest BCUT2D eigenvalue weighted by atomic mass is 10.1. The van der Waals surface area contributed by atoms with E-state index in [2.05, 4.69) is 27.7 Å². The number of furan rings is 1. The Morgan fingerprint density at radius 1 is 1.12 bits per heavy atom. The Bertz CT molecular complexity index is 880. The SMILES string of the molecule is O=C(CSCCNC(=O)c1ccoc1)NCC=CCOc1cccc(CN2CCCCC2)c1.